The molecule has 0 fully saturated rings. The van der Waals surface area contributed by atoms with Crippen LogP contribution in [0.3, 0.4) is 0 Å². The monoisotopic (exact) mass is 319 g/mol. The van der Waals surface area contributed by atoms with Gasteiger partial charge in [-0.2, -0.15) is 4.98 Å². The molecule has 0 aliphatic heterocycles. The van der Waals surface area contributed by atoms with Crippen LogP contribution >= 0.6 is 23.4 Å². The lowest BCUT2D eigenvalue weighted by atomic mass is 10.1. The van der Waals surface area contributed by atoms with E-state index in [2.05, 4.69) is 15.1 Å². The molecule has 0 radical (unpaired) electrons. The molecule has 6 heteroatoms. The maximum atomic E-state index is 6.31. The van der Waals surface area contributed by atoms with Crippen LogP contribution in [-0.4, -0.2) is 15.1 Å². The lowest BCUT2D eigenvalue weighted by Crippen LogP contribution is -1.91. The maximum Gasteiger partial charge on any atom is 0.226 e. The molecular weight excluding hydrogens is 306 g/mol. The Morgan fingerprint density at radius 3 is 2.95 bits per heavy atom. The van der Waals surface area contributed by atoms with Crippen LogP contribution in [0, 0.1) is 0 Å². The first-order valence-corrected chi connectivity index (χ1v) is 8.22. The minimum atomic E-state index is 0.676. The van der Waals surface area contributed by atoms with E-state index in [4.69, 9.17) is 16.1 Å². The molecule has 0 bridgehead atoms. The van der Waals surface area contributed by atoms with Crippen LogP contribution in [0.5, 0.6) is 0 Å². The van der Waals surface area contributed by atoms with Crippen molar-refractivity contribution in [3.8, 4) is 0 Å². The van der Waals surface area contributed by atoms with E-state index in [1.54, 1.807) is 18.0 Å². The molecule has 0 unspecified atom stereocenters. The van der Waals surface area contributed by atoms with E-state index >= 15 is 0 Å². The van der Waals surface area contributed by atoms with Crippen molar-refractivity contribution in [2.75, 3.05) is 0 Å². The topological polar surface area (TPSA) is 51.8 Å². The summed E-state index contributed by atoms with van der Waals surface area (Å²) in [4.78, 5) is 8.73. The van der Waals surface area contributed by atoms with Crippen molar-refractivity contribution in [2.45, 2.75) is 24.9 Å². The Balaban J connectivity index is 1.74. The third-order valence-electron chi connectivity index (χ3n) is 3.11. The van der Waals surface area contributed by atoms with Gasteiger partial charge in [0, 0.05) is 34.3 Å². The Kier molecular flexibility index (Phi) is 4.41. The fraction of sp³-hybridized carbons (Fsp3) is 0.267. The number of halogens is 1. The van der Waals surface area contributed by atoms with Gasteiger partial charge >= 0.3 is 0 Å². The zero-order chi connectivity index (χ0) is 14.7. The summed E-state index contributed by atoms with van der Waals surface area (Å²) in [6.07, 6.45) is 2.55. The second-order valence-corrected chi connectivity index (χ2v) is 5.94. The quantitative estimate of drug-likeness (QED) is 0.703. The zero-order valence-corrected chi connectivity index (χ0v) is 13.1. The number of hydrogen-bond donors (Lipinski definition) is 0. The van der Waals surface area contributed by atoms with Crippen LogP contribution in [0.1, 0.15) is 24.2 Å². The smallest absolute Gasteiger partial charge is 0.226 e. The van der Waals surface area contributed by atoms with Crippen molar-refractivity contribution in [1.82, 2.24) is 15.1 Å². The second-order valence-electron chi connectivity index (χ2n) is 4.55. The Morgan fingerprint density at radius 2 is 2.14 bits per heavy atom. The molecule has 2 aromatic heterocycles. The average molecular weight is 320 g/mol. The van der Waals surface area contributed by atoms with Crippen LogP contribution in [0.15, 0.2) is 35.0 Å². The van der Waals surface area contributed by atoms with Crippen molar-refractivity contribution in [1.29, 1.82) is 0 Å². The summed E-state index contributed by atoms with van der Waals surface area (Å²) in [6, 6.07) is 7.88. The van der Waals surface area contributed by atoms with E-state index in [0.717, 1.165) is 39.5 Å². The van der Waals surface area contributed by atoms with E-state index in [-0.39, 0.29) is 0 Å². The van der Waals surface area contributed by atoms with Crippen molar-refractivity contribution in [3.05, 3.63) is 52.8 Å². The number of fused-ring (bicyclic) bond motifs is 1. The predicted molar refractivity (Wildman–Crippen MR) is 85.4 cm³/mol. The lowest BCUT2D eigenvalue weighted by Gasteiger charge is -2.07. The summed E-state index contributed by atoms with van der Waals surface area (Å²) in [5.41, 5.74) is 2.01. The van der Waals surface area contributed by atoms with Crippen LogP contribution < -0.4 is 0 Å². The van der Waals surface area contributed by atoms with Gasteiger partial charge in [-0.15, -0.1) is 11.8 Å². The van der Waals surface area contributed by atoms with Crippen molar-refractivity contribution in [3.63, 3.8) is 0 Å². The number of aryl methyl sites for hydroxylation is 1. The first-order chi connectivity index (χ1) is 10.3. The van der Waals surface area contributed by atoms with Gasteiger partial charge in [0.25, 0.3) is 0 Å². The van der Waals surface area contributed by atoms with Crippen LogP contribution in [-0.2, 0) is 17.9 Å². The van der Waals surface area contributed by atoms with Gasteiger partial charge in [0.15, 0.2) is 5.82 Å². The molecule has 1 aromatic carbocycles. The number of nitrogens with zero attached hydrogens (tertiary/aromatic N) is 3. The number of hydrogen-bond acceptors (Lipinski definition) is 5. The van der Waals surface area contributed by atoms with Crippen molar-refractivity contribution >= 4 is 34.3 Å². The SMILES string of the molecule is CCc1nc(CSCc2c(Cl)ccc3cccnc23)no1. The predicted octanol–water partition coefficient (Wildman–Crippen LogP) is 4.27. The van der Waals surface area contributed by atoms with E-state index in [1.165, 1.54) is 0 Å². The molecule has 21 heavy (non-hydrogen) atoms. The summed E-state index contributed by atoms with van der Waals surface area (Å²) >= 11 is 8.01. The fourth-order valence-electron chi connectivity index (χ4n) is 2.06. The van der Waals surface area contributed by atoms with Crippen LogP contribution in [0.25, 0.3) is 10.9 Å². The second kappa shape index (κ2) is 6.45. The molecule has 3 rings (SSSR count). The van der Waals surface area contributed by atoms with Gasteiger partial charge in [-0.25, -0.2) is 0 Å². The van der Waals surface area contributed by atoms with Gasteiger partial charge in [0.05, 0.1) is 11.3 Å². The minimum absolute atomic E-state index is 0.676. The van der Waals surface area contributed by atoms with Crippen molar-refractivity contribution < 1.29 is 4.52 Å². The normalized spacial score (nSPS) is 11.1. The summed E-state index contributed by atoms with van der Waals surface area (Å²) < 4.78 is 5.10. The Hall–Kier alpha value is -1.59. The fourth-order valence-corrected chi connectivity index (χ4v) is 3.25. The third-order valence-corrected chi connectivity index (χ3v) is 4.42. The van der Waals surface area contributed by atoms with Gasteiger partial charge in [-0.05, 0) is 12.1 Å². The van der Waals surface area contributed by atoms with E-state index in [9.17, 15) is 0 Å². The minimum Gasteiger partial charge on any atom is -0.339 e. The van der Waals surface area contributed by atoms with Gasteiger partial charge < -0.3 is 4.52 Å². The van der Waals surface area contributed by atoms with E-state index in [1.807, 2.05) is 31.2 Å². The van der Waals surface area contributed by atoms with Crippen LogP contribution in [0.4, 0.5) is 0 Å². The molecule has 0 saturated heterocycles. The molecule has 0 spiro atoms. The standard InChI is InChI=1S/C15H14ClN3OS/c1-2-14-18-13(19-20-14)9-21-8-11-12(16)6-5-10-4-3-7-17-15(10)11/h3-7H,2,8-9H2,1H3. The maximum absolute atomic E-state index is 6.31. The molecule has 0 aliphatic carbocycles. The van der Waals surface area contributed by atoms with Crippen LogP contribution in [0.2, 0.25) is 5.02 Å². The first kappa shape index (κ1) is 14.4. The Morgan fingerprint density at radius 1 is 1.24 bits per heavy atom. The zero-order valence-electron chi connectivity index (χ0n) is 11.5. The summed E-state index contributed by atoms with van der Waals surface area (Å²) in [7, 11) is 0. The highest BCUT2D eigenvalue weighted by molar-refractivity contribution is 7.97. The van der Waals surface area contributed by atoms with Crippen molar-refractivity contribution in [2.24, 2.45) is 0 Å². The van der Waals surface area contributed by atoms with Gasteiger partial charge in [-0.3, -0.25) is 4.98 Å². The number of pyridine rings is 1. The molecular formula is C15H14ClN3OS. The Bertz CT molecular complexity index is 760. The summed E-state index contributed by atoms with van der Waals surface area (Å²) in [5.74, 6) is 2.86. The number of benzene rings is 1. The van der Waals surface area contributed by atoms with E-state index in [0.29, 0.717) is 11.6 Å². The van der Waals surface area contributed by atoms with Gasteiger partial charge in [0.1, 0.15) is 0 Å². The number of rotatable bonds is 5. The van der Waals surface area contributed by atoms with Gasteiger partial charge in [0.2, 0.25) is 5.89 Å². The molecule has 3 aromatic rings. The lowest BCUT2D eigenvalue weighted by molar-refractivity contribution is 0.378. The summed E-state index contributed by atoms with van der Waals surface area (Å²) in [5, 5.41) is 5.80. The molecule has 4 nitrogen and oxygen atoms in total. The highest BCUT2D eigenvalue weighted by Crippen LogP contribution is 2.29. The average Bonchev–Trinajstić information content (AvgIpc) is 2.97. The molecule has 0 amide bonds. The number of aromatic nitrogens is 3. The Labute approximate surface area is 131 Å². The highest BCUT2D eigenvalue weighted by atomic mass is 35.5. The largest absolute Gasteiger partial charge is 0.339 e. The third kappa shape index (κ3) is 3.19. The molecule has 0 atom stereocenters. The molecule has 108 valence electrons. The first-order valence-electron chi connectivity index (χ1n) is 6.69. The molecule has 0 N–H and O–H groups in total. The molecule has 0 saturated carbocycles. The van der Waals surface area contributed by atoms with Gasteiger partial charge in [-0.1, -0.05) is 35.8 Å². The summed E-state index contributed by atoms with van der Waals surface area (Å²) in [6.45, 7) is 1.99. The number of thioether (sulfide) groups is 1. The van der Waals surface area contributed by atoms with E-state index < -0.39 is 0 Å². The highest BCUT2D eigenvalue weighted by Gasteiger charge is 2.09. The molecule has 0 aliphatic rings. The molecule has 2 heterocycles.